The average Bonchev–Trinajstić information content (AvgIpc) is 3.23. The summed E-state index contributed by atoms with van der Waals surface area (Å²) in [6, 6.07) is 14.1. The third kappa shape index (κ3) is 5.47. The fourth-order valence-corrected chi connectivity index (χ4v) is 5.39. The van der Waals surface area contributed by atoms with Crippen LogP contribution in [0, 0.1) is 0 Å². The second kappa shape index (κ2) is 10.7. The van der Waals surface area contributed by atoms with Crippen LogP contribution in [-0.2, 0) is 14.6 Å². The second-order valence-electron chi connectivity index (χ2n) is 7.31. The molecule has 2 heterocycles. The van der Waals surface area contributed by atoms with Crippen molar-refractivity contribution >= 4 is 54.8 Å². The zero-order chi connectivity index (χ0) is 21.8. The molecule has 1 aromatic heterocycles. The van der Waals surface area contributed by atoms with E-state index in [1.165, 1.54) is 23.5 Å². The molecule has 4 rings (SSSR count). The van der Waals surface area contributed by atoms with E-state index in [-0.39, 0.29) is 29.0 Å². The molecule has 2 aromatic carbocycles. The molecule has 0 saturated carbocycles. The number of morpholine rings is 1. The van der Waals surface area contributed by atoms with E-state index in [9.17, 15) is 13.2 Å². The Bertz CT molecular complexity index is 1140. The topological polar surface area (TPSA) is 79.8 Å². The zero-order valence-corrected chi connectivity index (χ0v) is 20.2. The van der Waals surface area contributed by atoms with Gasteiger partial charge in [0.05, 0.1) is 34.1 Å². The molecule has 0 atom stereocenters. The Labute approximate surface area is 198 Å². The van der Waals surface area contributed by atoms with Gasteiger partial charge in [0.15, 0.2) is 15.0 Å². The molecule has 1 aliphatic rings. The summed E-state index contributed by atoms with van der Waals surface area (Å²) in [6.45, 7) is 5.77. The van der Waals surface area contributed by atoms with Crippen molar-refractivity contribution < 1.29 is 17.9 Å². The molecule has 172 valence electrons. The third-order valence-electron chi connectivity index (χ3n) is 5.32. The minimum Gasteiger partial charge on any atom is -0.379 e. The Morgan fingerprint density at radius 2 is 1.91 bits per heavy atom. The molecule has 1 fully saturated rings. The highest BCUT2D eigenvalue weighted by molar-refractivity contribution is 7.91. The van der Waals surface area contributed by atoms with Crippen LogP contribution < -0.4 is 4.90 Å². The molecule has 0 N–H and O–H groups in total. The van der Waals surface area contributed by atoms with E-state index < -0.39 is 9.84 Å². The maximum Gasteiger partial charge on any atom is 0.260 e. The normalized spacial score (nSPS) is 14.8. The summed E-state index contributed by atoms with van der Waals surface area (Å²) in [5.74, 6) is -0.260. The van der Waals surface area contributed by atoms with Crippen molar-refractivity contribution in [3.05, 3.63) is 54.1 Å². The highest BCUT2D eigenvalue weighted by Gasteiger charge is 2.24. The van der Waals surface area contributed by atoms with Crippen LogP contribution in [0.25, 0.3) is 10.2 Å². The van der Waals surface area contributed by atoms with Gasteiger partial charge in [0.1, 0.15) is 0 Å². The number of ether oxygens (including phenoxy) is 1. The third-order valence-corrected chi connectivity index (χ3v) is 8.11. The van der Waals surface area contributed by atoms with E-state index in [0.717, 1.165) is 23.3 Å². The lowest BCUT2D eigenvalue weighted by Crippen LogP contribution is -2.43. The standard InChI is InChI=1S/C22H25N3O4S2.ClH/c1-2-31(27,28)18-7-5-6-17(16-18)21(26)25(11-10-24-12-14-29-15-13-24)22-23-19-8-3-4-9-20(19)30-22;/h3-9,16H,2,10-15H2,1H3;1H. The predicted octanol–water partition coefficient (Wildman–Crippen LogP) is 3.49. The number of rotatable bonds is 7. The summed E-state index contributed by atoms with van der Waals surface area (Å²) < 4.78 is 31.0. The Balaban J connectivity index is 0.00000289. The molecule has 0 bridgehead atoms. The number of anilines is 1. The molecule has 7 nitrogen and oxygen atoms in total. The van der Waals surface area contributed by atoms with Crippen LogP contribution in [0.5, 0.6) is 0 Å². The lowest BCUT2D eigenvalue weighted by molar-refractivity contribution is 0.0391. The molecule has 0 unspecified atom stereocenters. The quantitative estimate of drug-likeness (QED) is 0.499. The minimum absolute atomic E-state index is 0. The highest BCUT2D eigenvalue weighted by Crippen LogP contribution is 2.30. The molecular formula is C22H26ClN3O4S2. The van der Waals surface area contributed by atoms with Gasteiger partial charge < -0.3 is 4.74 Å². The second-order valence-corrected chi connectivity index (χ2v) is 10.6. The lowest BCUT2D eigenvalue weighted by Gasteiger charge is -2.29. The summed E-state index contributed by atoms with van der Waals surface area (Å²) in [6.07, 6.45) is 0. The van der Waals surface area contributed by atoms with Crippen molar-refractivity contribution in [1.29, 1.82) is 0 Å². The van der Waals surface area contributed by atoms with E-state index in [2.05, 4.69) is 9.88 Å². The molecule has 1 amide bonds. The zero-order valence-electron chi connectivity index (χ0n) is 17.8. The molecule has 0 radical (unpaired) electrons. The van der Waals surface area contributed by atoms with Crippen molar-refractivity contribution in [2.75, 3.05) is 50.0 Å². The predicted molar refractivity (Wildman–Crippen MR) is 130 cm³/mol. The monoisotopic (exact) mass is 495 g/mol. The van der Waals surface area contributed by atoms with Gasteiger partial charge in [-0.3, -0.25) is 14.6 Å². The fraction of sp³-hybridized carbons (Fsp3) is 0.364. The minimum atomic E-state index is -3.40. The molecule has 3 aromatic rings. The smallest absolute Gasteiger partial charge is 0.260 e. The first-order valence-electron chi connectivity index (χ1n) is 10.3. The van der Waals surface area contributed by atoms with E-state index in [1.54, 1.807) is 24.0 Å². The van der Waals surface area contributed by atoms with Crippen LogP contribution >= 0.6 is 23.7 Å². The van der Waals surface area contributed by atoms with Crippen LogP contribution in [0.2, 0.25) is 0 Å². The number of benzene rings is 2. The van der Waals surface area contributed by atoms with Crippen LogP contribution in [0.4, 0.5) is 5.13 Å². The van der Waals surface area contributed by atoms with Gasteiger partial charge in [0, 0.05) is 31.7 Å². The molecule has 32 heavy (non-hydrogen) atoms. The van der Waals surface area contributed by atoms with E-state index >= 15 is 0 Å². The summed E-state index contributed by atoms with van der Waals surface area (Å²) in [4.78, 5) is 22.3. The number of hydrogen-bond donors (Lipinski definition) is 0. The summed E-state index contributed by atoms with van der Waals surface area (Å²) in [5.41, 5.74) is 1.18. The van der Waals surface area contributed by atoms with Gasteiger partial charge in [-0.1, -0.05) is 36.5 Å². The Hall–Kier alpha value is -2.04. The first-order valence-corrected chi connectivity index (χ1v) is 12.7. The molecular weight excluding hydrogens is 470 g/mol. The Kier molecular flexibility index (Phi) is 8.24. The molecule has 10 heteroatoms. The fourth-order valence-electron chi connectivity index (χ4n) is 3.47. The van der Waals surface area contributed by atoms with Crippen molar-refractivity contribution in [3.8, 4) is 0 Å². The van der Waals surface area contributed by atoms with Crippen molar-refractivity contribution in [2.24, 2.45) is 0 Å². The van der Waals surface area contributed by atoms with Crippen molar-refractivity contribution in [2.45, 2.75) is 11.8 Å². The summed E-state index contributed by atoms with van der Waals surface area (Å²) in [7, 11) is -3.40. The Morgan fingerprint density at radius 3 is 2.62 bits per heavy atom. The van der Waals surface area contributed by atoms with Gasteiger partial charge in [-0.05, 0) is 30.3 Å². The van der Waals surface area contributed by atoms with Gasteiger partial charge in [-0.2, -0.15) is 0 Å². The van der Waals surface area contributed by atoms with Crippen LogP contribution in [-0.4, -0.2) is 69.4 Å². The number of aromatic nitrogens is 1. The van der Waals surface area contributed by atoms with Crippen molar-refractivity contribution in [1.82, 2.24) is 9.88 Å². The number of fused-ring (bicyclic) bond motifs is 1. The van der Waals surface area contributed by atoms with Gasteiger partial charge in [-0.15, -0.1) is 12.4 Å². The first-order chi connectivity index (χ1) is 15.0. The van der Waals surface area contributed by atoms with Crippen LogP contribution in [0.3, 0.4) is 0 Å². The number of thiazole rings is 1. The van der Waals surface area contributed by atoms with Crippen LogP contribution in [0.15, 0.2) is 53.4 Å². The number of para-hydroxylation sites is 1. The van der Waals surface area contributed by atoms with Gasteiger partial charge in [0.2, 0.25) is 0 Å². The van der Waals surface area contributed by atoms with Gasteiger partial charge >= 0.3 is 0 Å². The van der Waals surface area contributed by atoms with Gasteiger partial charge in [0.25, 0.3) is 5.91 Å². The van der Waals surface area contributed by atoms with Crippen LogP contribution in [0.1, 0.15) is 17.3 Å². The number of hydrogen-bond acceptors (Lipinski definition) is 7. The summed E-state index contributed by atoms with van der Waals surface area (Å²) in [5, 5.41) is 0.614. The lowest BCUT2D eigenvalue weighted by atomic mass is 10.2. The van der Waals surface area contributed by atoms with Crippen molar-refractivity contribution in [3.63, 3.8) is 0 Å². The molecule has 0 aliphatic carbocycles. The van der Waals surface area contributed by atoms with E-state index in [4.69, 9.17) is 4.74 Å². The summed E-state index contributed by atoms with van der Waals surface area (Å²) >= 11 is 1.46. The van der Waals surface area contributed by atoms with E-state index in [0.29, 0.717) is 37.0 Å². The Morgan fingerprint density at radius 1 is 1.16 bits per heavy atom. The van der Waals surface area contributed by atoms with Gasteiger partial charge in [-0.25, -0.2) is 13.4 Å². The number of amides is 1. The van der Waals surface area contributed by atoms with E-state index in [1.807, 2.05) is 24.3 Å². The first kappa shape index (κ1) is 24.6. The number of halogens is 1. The number of carbonyl (C=O) groups excluding carboxylic acids is 1. The number of carbonyl (C=O) groups is 1. The molecule has 0 spiro atoms. The number of nitrogens with zero attached hydrogens (tertiary/aromatic N) is 3. The maximum atomic E-state index is 13.5. The maximum absolute atomic E-state index is 13.5. The SMILES string of the molecule is CCS(=O)(=O)c1cccc(C(=O)N(CCN2CCOCC2)c2nc3ccccc3s2)c1.Cl. The number of sulfone groups is 1. The molecule has 1 aliphatic heterocycles. The molecule has 1 saturated heterocycles. The largest absolute Gasteiger partial charge is 0.379 e. The highest BCUT2D eigenvalue weighted by atomic mass is 35.5. The average molecular weight is 496 g/mol.